The van der Waals surface area contributed by atoms with E-state index in [0.29, 0.717) is 38.1 Å². The summed E-state index contributed by atoms with van der Waals surface area (Å²) in [6.45, 7) is 7.93. The van der Waals surface area contributed by atoms with Crippen LogP contribution in [0.25, 0.3) is 10.9 Å². The van der Waals surface area contributed by atoms with Crippen molar-refractivity contribution in [3.05, 3.63) is 41.6 Å². The highest BCUT2D eigenvalue weighted by molar-refractivity contribution is 5.91. The Morgan fingerprint density at radius 3 is 2.51 bits per heavy atom. The van der Waals surface area contributed by atoms with Gasteiger partial charge in [-0.25, -0.2) is 10.2 Å². The number of pyridine rings is 1. The van der Waals surface area contributed by atoms with E-state index >= 15 is 0 Å². The number of benzene rings is 1. The molecule has 0 saturated carbocycles. The van der Waals surface area contributed by atoms with Crippen molar-refractivity contribution in [3.63, 3.8) is 0 Å². The average molecular weight is 596 g/mol. The van der Waals surface area contributed by atoms with Gasteiger partial charge in [0.1, 0.15) is 12.1 Å². The standard InChI is InChI=1S/C31H41N5O7/c1-18(2)26-28(38)33-20(4)29(39)36-13-5-6-24(35-36)27(37)32-19(3)23-10-9-22-8-7-21(16-25(22)34-23)11-12-31(30(40)43-26)17-41-14-15-42-31/h7-10,16,18-20,24,26,35H,5-6,11-15,17H2,1-4H3,(H,32,37)(H,33,38)/t19-,20+,24+,26+,31?/m1/s1. The number of rotatable bonds is 1. The second-order valence-corrected chi connectivity index (χ2v) is 12.0. The van der Waals surface area contributed by atoms with Crippen molar-refractivity contribution >= 4 is 34.6 Å². The number of cyclic esters (lactones) is 1. The first-order chi connectivity index (χ1) is 20.6. The summed E-state index contributed by atoms with van der Waals surface area (Å²) in [6.07, 6.45) is 0.750. The summed E-state index contributed by atoms with van der Waals surface area (Å²) >= 11 is 0. The zero-order valence-corrected chi connectivity index (χ0v) is 25.2. The van der Waals surface area contributed by atoms with Crippen molar-refractivity contribution in [1.29, 1.82) is 0 Å². The fourth-order valence-electron chi connectivity index (χ4n) is 5.69. The van der Waals surface area contributed by atoms with Crippen molar-refractivity contribution < 1.29 is 33.4 Å². The van der Waals surface area contributed by atoms with E-state index in [4.69, 9.17) is 19.2 Å². The fraction of sp³-hybridized carbons (Fsp3) is 0.581. The quantitative estimate of drug-likeness (QED) is 0.419. The Hall–Kier alpha value is -3.61. The Morgan fingerprint density at radius 2 is 1.77 bits per heavy atom. The molecule has 3 aliphatic rings. The normalized spacial score (nSPS) is 29.8. The van der Waals surface area contributed by atoms with E-state index < -0.39 is 41.6 Å². The minimum atomic E-state index is -1.39. The summed E-state index contributed by atoms with van der Waals surface area (Å²) < 4.78 is 17.5. The number of ether oxygens (including phenoxy) is 3. The number of aryl methyl sites for hydroxylation is 1. The molecule has 5 rings (SSSR count). The predicted molar refractivity (Wildman–Crippen MR) is 156 cm³/mol. The molecular weight excluding hydrogens is 554 g/mol. The molecule has 0 radical (unpaired) electrons. The van der Waals surface area contributed by atoms with E-state index in [2.05, 4.69) is 16.1 Å². The highest BCUT2D eigenvalue weighted by Gasteiger charge is 2.46. The summed E-state index contributed by atoms with van der Waals surface area (Å²) in [5.74, 6) is -2.28. The molecule has 12 nitrogen and oxygen atoms in total. The summed E-state index contributed by atoms with van der Waals surface area (Å²) in [6, 6.07) is 7.85. The zero-order valence-electron chi connectivity index (χ0n) is 25.2. The molecule has 1 aromatic carbocycles. The van der Waals surface area contributed by atoms with Gasteiger partial charge < -0.3 is 24.8 Å². The minimum Gasteiger partial charge on any atom is -0.450 e. The Kier molecular flexibility index (Phi) is 9.28. The molecule has 3 aliphatic heterocycles. The van der Waals surface area contributed by atoms with Crippen LogP contribution >= 0.6 is 0 Å². The van der Waals surface area contributed by atoms with Crippen molar-refractivity contribution in [2.45, 2.75) is 83.2 Å². The highest BCUT2D eigenvalue weighted by atomic mass is 16.6. The Bertz CT molecular complexity index is 1380. The van der Waals surface area contributed by atoms with Crippen LogP contribution in [0.1, 0.15) is 64.3 Å². The molecule has 5 atom stereocenters. The predicted octanol–water partition coefficient (Wildman–Crippen LogP) is 1.71. The third-order valence-electron chi connectivity index (χ3n) is 8.31. The van der Waals surface area contributed by atoms with Crippen LogP contribution in [-0.4, -0.2) is 83.8 Å². The summed E-state index contributed by atoms with van der Waals surface area (Å²) in [7, 11) is 0. The molecular formula is C31H41N5O7. The van der Waals surface area contributed by atoms with Crippen LogP contribution in [0.5, 0.6) is 0 Å². The van der Waals surface area contributed by atoms with Crippen molar-refractivity contribution in [3.8, 4) is 0 Å². The molecule has 43 heavy (non-hydrogen) atoms. The highest BCUT2D eigenvalue weighted by Crippen LogP contribution is 2.28. The lowest BCUT2D eigenvalue weighted by atomic mass is 9.93. The Morgan fingerprint density at radius 1 is 1.00 bits per heavy atom. The summed E-state index contributed by atoms with van der Waals surface area (Å²) in [4.78, 5) is 58.4. The van der Waals surface area contributed by atoms with Gasteiger partial charge in [-0.2, -0.15) is 0 Å². The van der Waals surface area contributed by atoms with Gasteiger partial charge in [-0.15, -0.1) is 0 Å². The van der Waals surface area contributed by atoms with Gasteiger partial charge in [-0.1, -0.05) is 32.0 Å². The van der Waals surface area contributed by atoms with Crippen LogP contribution in [0.15, 0.2) is 30.3 Å². The topological polar surface area (TPSA) is 148 Å². The Balaban J connectivity index is 1.49. The molecule has 4 heterocycles. The van der Waals surface area contributed by atoms with Gasteiger partial charge >= 0.3 is 5.97 Å². The van der Waals surface area contributed by atoms with E-state index in [1.54, 1.807) is 20.8 Å². The van der Waals surface area contributed by atoms with E-state index in [-0.39, 0.29) is 37.5 Å². The second-order valence-electron chi connectivity index (χ2n) is 12.0. The van der Waals surface area contributed by atoms with Gasteiger partial charge in [0, 0.05) is 11.9 Å². The number of amides is 3. The van der Waals surface area contributed by atoms with Gasteiger partial charge in [0.2, 0.25) is 5.91 Å². The number of carbonyl (C=O) groups excluding carboxylic acids is 4. The van der Waals surface area contributed by atoms with Crippen molar-refractivity contribution in [2.75, 3.05) is 26.4 Å². The van der Waals surface area contributed by atoms with Crippen LogP contribution in [0, 0.1) is 5.92 Å². The smallest absolute Gasteiger partial charge is 0.341 e. The molecule has 3 amide bonds. The van der Waals surface area contributed by atoms with Crippen LogP contribution in [0.2, 0.25) is 0 Å². The van der Waals surface area contributed by atoms with Gasteiger partial charge in [-0.3, -0.25) is 24.4 Å². The minimum absolute atomic E-state index is 0.00213. The summed E-state index contributed by atoms with van der Waals surface area (Å²) in [5.41, 5.74) is 4.04. The lowest BCUT2D eigenvalue weighted by Gasteiger charge is -2.37. The number of hydrazine groups is 1. The van der Waals surface area contributed by atoms with E-state index in [1.165, 1.54) is 5.01 Å². The monoisotopic (exact) mass is 595 g/mol. The van der Waals surface area contributed by atoms with Crippen molar-refractivity contribution in [2.24, 2.45) is 5.92 Å². The fourth-order valence-corrected chi connectivity index (χ4v) is 5.69. The number of hydrogen-bond donors (Lipinski definition) is 3. The largest absolute Gasteiger partial charge is 0.450 e. The van der Waals surface area contributed by atoms with E-state index in [0.717, 1.165) is 16.5 Å². The molecule has 5 bridgehead atoms. The Labute approximate surface area is 251 Å². The molecule has 3 N–H and O–H groups in total. The maximum absolute atomic E-state index is 13.7. The lowest BCUT2D eigenvalue weighted by Crippen LogP contribution is -2.61. The number of fused-ring (bicyclic) bond motifs is 4. The van der Waals surface area contributed by atoms with Gasteiger partial charge in [-0.05, 0) is 63.1 Å². The lowest BCUT2D eigenvalue weighted by molar-refractivity contribution is -0.207. The first-order valence-electron chi connectivity index (χ1n) is 15.1. The number of hydrogen-bond acceptors (Lipinski definition) is 9. The molecule has 2 fully saturated rings. The molecule has 232 valence electrons. The van der Waals surface area contributed by atoms with Crippen LogP contribution in [0.3, 0.4) is 0 Å². The number of esters is 1. The van der Waals surface area contributed by atoms with Crippen LogP contribution in [0.4, 0.5) is 0 Å². The second kappa shape index (κ2) is 12.9. The van der Waals surface area contributed by atoms with Crippen LogP contribution < -0.4 is 16.1 Å². The zero-order chi connectivity index (χ0) is 30.7. The molecule has 1 spiro atoms. The maximum atomic E-state index is 13.7. The maximum Gasteiger partial charge on any atom is 0.341 e. The van der Waals surface area contributed by atoms with Crippen LogP contribution in [-0.2, 0) is 39.8 Å². The SMILES string of the molecule is CC(C)[C@@H]1OC(=O)C2(CCc3ccc4ccc(nc4c3)[C@@H](C)NC(=O)[C@@H]3CCCN(N3)C(=O)[C@H](C)NC1=O)COCCO2. The summed E-state index contributed by atoms with van der Waals surface area (Å²) in [5, 5.41) is 8.05. The molecule has 2 aromatic rings. The van der Waals surface area contributed by atoms with Gasteiger partial charge in [0.05, 0.1) is 37.1 Å². The van der Waals surface area contributed by atoms with Gasteiger partial charge in [0.25, 0.3) is 11.8 Å². The third kappa shape index (κ3) is 6.81. The van der Waals surface area contributed by atoms with Crippen molar-refractivity contribution in [1.82, 2.24) is 26.1 Å². The van der Waals surface area contributed by atoms with E-state index in [1.807, 2.05) is 37.3 Å². The van der Waals surface area contributed by atoms with Gasteiger partial charge in [0.15, 0.2) is 11.7 Å². The molecule has 2 saturated heterocycles. The third-order valence-corrected chi connectivity index (χ3v) is 8.31. The first kappa shape index (κ1) is 30.8. The number of nitrogens with zero attached hydrogens (tertiary/aromatic N) is 2. The molecule has 0 aliphatic carbocycles. The first-order valence-corrected chi connectivity index (χ1v) is 15.1. The molecule has 1 aromatic heterocycles. The molecule has 1 unspecified atom stereocenters. The number of carbonyl (C=O) groups is 4. The average Bonchev–Trinajstić information content (AvgIpc) is 3.01. The molecule has 12 heteroatoms. The number of nitrogens with one attached hydrogen (secondary N) is 3. The van der Waals surface area contributed by atoms with E-state index in [9.17, 15) is 19.2 Å². The number of aromatic nitrogens is 1.